The zero-order chi connectivity index (χ0) is 17.4. The summed E-state index contributed by atoms with van der Waals surface area (Å²) in [5.74, 6) is -4.55. The van der Waals surface area contributed by atoms with Gasteiger partial charge in [0.15, 0.2) is 6.10 Å². The van der Waals surface area contributed by atoms with Gasteiger partial charge in [-0.2, -0.15) is 0 Å². The van der Waals surface area contributed by atoms with Crippen molar-refractivity contribution in [2.24, 2.45) is 0 Å². The van der Waals surface area contributed by atoms with Gasteiger partial charge in [0.1, 0.15) is 18.3 Å². The number of carboxylic acids is 1. The molecule has 126 valence electrons. The molecule has 0 aliphatic heterocycles. The Hall–Kier alpha value is -1.85. The summed E-state index contributed by atoms with van der Waals surface area (Å²) in [5, 5.41) is 55.4. The molecule has 0 bridgehead atoms. The molecule has 0 aliphatic rings. The molecule has 10 heteroatoms. The number of ether oxygens (including phenoxy) is 1. The zero-order valence-corrected chi connectivity index (χ0v) is 11.6. The molecule has 0 spiro atoms. The van der Waals surface area contributed by atoms with Crippen LogP contribution in [0, 0.1) is 0 Å². The van der Waals surface area contributed by atoms with Crippen molar-refractivity contribution in [3.63, 3.8) is 0 Å². The lowest BCUT2D eigenvalue weighted by Crippen LogP contribution is -2.51. The number of carboxylic acid groups (broad SMARTS) is 1. The first kappa shape index (κ1) is 20.1. The van der Waals surface area contributed by atoms with E-state index in [0.29, 0.717) is 12.2 Å². The number of carbonyl (C=O) groups excluding carboxylic acids is 2. The van der Waals surface area contributed by atoms with Crippen molar-refractivity contribution in [3.05, 3.63) is 12.2 Å². The van der Waals surface area contributed by atoms with Crippen LogP contribution < -0.4 is 0 Å². The molecule has 0 aromatic heterocycles. The Morgan fingerprint density at radius 3 is 1.95 bits per heavy atom. The Kier molecular flexibility index (Phi) is 8.45. The Balaban J connectivity index is 4.67. The number of rotatable bonds is 8. The van der Waals surface area contributed by atoms with Gasteiger partial charge >= 0.3 is 17.9 Å². The second-order valence-corrected chi connectivity index (χ2v) is 4.30. The summed E-state index contributed by atoms with van der Waals surface area (Å²) in [7, 11) is 0. The molecule has 0 saturated carbocycles. The third-order valence-electron chi connectivity index (χ3n) is 2.64. The number of esters is 2. The summed E-state index contributed by atoms with van der Waals surface area (Å²) in [6, 6.07) is 0. The molecule has 5 atom stereocenters. The summed E-state index contributed by atoms with van der Waals surface area (Å²) in [4.78, 5) is 32.5. The van der Waals surface area contributed by atoms with Gasteiger partial charge in [-0.3, -0.25) is 0 Å². The monoisotopic (exact) mass is 322 g/mol. The largest absolute Gasteiger partial charge is 0.478 e. The standard InChI is InChI=1S/C12H18O10/c1-2-5(13)8(17)9(18)10(19)11(20)12(21)22-7(16)4-3-6(14)15/h3-5,8-11,13,17-20H,2H2,1H3,(H,14,15)/t5?,8-,9+,10-,11-/m0/s1. The average molecular weight is 322 g/mol. The Morgan fingerprint density at radius 1 is 0.955 bits per heavy atom. The van der Waals surface area contributed by atoms with Crippen LogP contribution in [0.4, 0.5) is 0 Å². The van der Waals surface area contributed by atoms with Crippen LogP contribution in [0.5, 0.6) is 0 Å². The van der Waals surface area contributed by atoms with E-state index >= 15 is 0 Å². The summed E-state index contributed by atoms with van der Waals surface area (Å²) < 4.78 is 4.01. The van der Waals surface area contributed by atoms with Crippen molar-refractivity contribution < 1.29 is 49.8 Å². The van der Waals surface area contributed by atoms with Crippen LogP contribution in [0.1, 0.15) is 13.3 Å². The summed E-state index contributed by atoms with van der Waals surface area (Å²) >= 11 is 0. The van der Waals surface area contributed by atoms with Gasteiger partial charge in [0.25, 0.3) is 0 Å². The first-order valence-electron chi connectivity index (χ1n) is 6.18. The fourth-order valence-corrected chi connectivity index (χ4v) is 1.33. The lowest BCUT2D eigenvalue weighted by molar-refractivity contribution is -0.177. The Bertz CT molecular complexity index is 432. The lowest BCUT2D eigenvalue weighted by atomic mass is 9.98. The molecule has 0 rings (SSSR count). The summed E-state index contributed by atoms with van der Waals surface area (Å²) in [6.45, 7) is 1.48. The third kappa shape index (κ3) is 6.28. The molecule has 0 heterocycles. The molecule has 1 unspecified atom stereocenters. The van der Waals surface area contributed by atoms with Crippen LogP contribution >= 0.6 is 0 Å². The molecule has 0 aromatic carbocycles. The molecule has 22 heavy (non-hydrogen) atoms. The van der Waals surface area contributed by atoms with Gasteiger partial charge in [-0.05, 0) is 6.42 Å². The van der Waals surface area contributed by atoms with E-state index in [-0.39, 0.29) is 6.42 Å². The summed E-state index contributed by atoms with van der Waals surface area (Å²) in [6.07, 6.45) is -9.15. The fourth-order valence-electron chi connectivity index (χ4n) is 1.33. The van der Waals surface area contributed by atoms with Crippen molar-refractivity contribution in [2.45, 2.75) is 43.9 Å². The number of hydrogen-bond acceptors (Lipinski definition) is 9. The van der Waals surface area contributed by atoms with Crippen molar-refractivity contribution in [2.75, 3.05) is 0 Å². The highest BCUT2D eigenvalue weighted by Gasteiger charge is 2.38. The van der Waals surface area contributed by atoms with Crippen molar-refractivity contribution in [1.29, 1.82) is 0 Å². The van der Waals surface area contributed by atoms with E-state index in [1.807, 2.05) is 0 Å². The minimum Gasteiger partial charge on any atom is -0.478 e. The minimum atomic E-state index is -2.39. The zero-order valence-electron chi connectivity index (χ0n) is 11.6. The number of aliphatic hydroxyl groups is 5. The topological polar surface area (TPSA) is 182 Å². The number of hydrogen-bond donors (Lipinski definition) is 6. The van der Waals surface area contributed by atoms with E-state index in [4.69, 9.17) is 5.11 Å². The molecular weight excluding hydrogens is 304 g/mol. The predicted octanol–water partition coefficient (Wildman–Crippen LogP) is -3.09. The number of carbonyl (C=O) groups is 3. The van der Waals surface area contributed by atoms with Gasteiger partial charge in [0.05, 0.1) is 6.10 Å². The SMILES string of the molecule is CCC(O)[C@H](O)[C@@H](O)[C@H](O)[C@H](O)C(=O)OC(=O)C=CC(=O)O. The van der Waals surface area contributed by atoms with E-state index in [1.54, 1.807) is 0 Å². The smallest absolute Gasteiger partial charge is 0.345 e. The number of aliphatic hydroxyl groups excluding tert-OH is 5. The lowest BCUT2D eigenvalue weighted by Gasteiger charge is -2.27. The van der Waals surface area contributed by atoms with Crippen LogP contribution in [0.2, 0.25) is 0 Å². The van der Waals surface area contributed by atoms with Crippen LogP contribution in [-0.4, -0.2) is 79.1 Å². The normalized spacial score (nSPS) is 18.3. The highest BCUT2D eigenvalue weighted by Crippen LogP contribution is 2.11. The maximum absolute atomic E-state index is 11.3. The van der Waals surface area contributed by atoms with Gasteiger partial charge in [-0.15, -0.1) is 0 Å². The highest BCUT2D eigenvalue weighted by atomic mass is 16.6. The first-order valence-corrected chi connectivity index (χ1v) is 6.18. The second-order valence-electron chi connectivity index (χ2n) is 4.30. The molecule has 0 fully saturated rings. The molecule has 0 aromatic rings. The molecule has 10 nitrogen and oxygen atoms in total. The number of aliphatic carboxylic acids is 1. The Labute approximate surface area is 124 Å². The van der Waals surface area contributed by atoms with Crippen LogP contribution in [0.25, 0.3) is 0 Å². The maximum Gasteiger partial charge on any atom is 0.345 e. The van der Waals surface area contributed by atoms with E-state index in [9.17, 15) is 39.9 Å². The molecule has 6 N–H and O–H groups in total. The molecular formula is C12H18O10. The van der Waals surface area contributed by atoms with Gasteiger partial charge in [-0.1, -0.05) is 6.92 Å². The second kappa shape index (κ2) is 9.23. The van der Waals surface area contributed by atoms with Gasteiger partial charge in [0, 0.05) is 12.2 Å². The van der Waals surface area contributed by atoms with Gasteiger partial charge < -0.3 is 35.4 Å². The van der Waals surface area contributed by atoms with Crippen molar-refractivity contribution in [3.8, 4) is 0 Å². The highest BCUT2D eigenvalue weighted by molar-refractivity contribution is 5.97. The van der Waals surface area contributed by atoms with E-state index < -0.39 is 48.4 Å². The van der Waals surface area contributed by atoms with Crippen molar-refractivity contribution >= 4 is 17.9 Å². The van der Waals surface area contributed by atoms with Crippen LogP contribution in [0.3, 0.4) is 0 Å². The van der Waals surface area contributed by atoms with E-state index in [1.165, 1.54) is 6.92 Å². The average Bonchev–Trinajstić information content (AvgIpc) is 2.48. The van der Waals surface area contributed by atoms with Crippen molar-refractivity contribution in [1.82, 2.24) is 0 Å². The van der Waals surface area contributed by atoms with E-state index in [0.717, 1.165) is 0 Å². The summed E-state index contributed by atoms with van der Waals surface area (Å²) in [5.41, 5.74) is 0. The maximum atomic E-state index is 11.3. The molecule has 0 radical (unpaired) electrons. The Morgan fingerprint density at radius 2 is 1.50 bits per heavy atom. The van der Waals surface area contributed by atoms with Crippen LogP contribution in [-0.2, 0) is 19.1 Å². The minimum absolute atomic E-state index is 0.0317. The quantitative estimate of drug-likeness (QED) is 0.152. The predicted molar refractivity (Wildman–Crippen MR) is 68.2 cm³/mol. The van der Waals surface area contributed by atoms with Gasteiger partial charge in [0.2, 0.25) is 0 Å². The third-order valence-corrected chi connectivity index (χ3v) is 2.64. The van der Waals surface area contributed by atoms with Crippen LogP contribution in [0.15, 0.2) is 12.2 Å². The molecule has 0 saturated heterocycles. The fraction of sp³-hybridized carbons (Fsp3) is 0.583. The van der Waals surface area contributed by atoms with E-state index in [2.05, 4.69) is 4.74 Å². The van der Waals surface area contributed by atoms with Gasteiger partial charge in [-0.25, -0.2) is 14.4 Å². The first-order chi connectivity index (χ1) is 10.1. The molecule has 0 amide bonds. The molecule has 0 aliphatic carbocycles.